The van der Waals surface area contributed by atoms with E-state index in [0.717, 1.165) is 45.4 Å². The van der Waals surface area contributed by atoms with E-state index in [4.69, 9.17) is 0 Å². The summed E-state index contributed by atoms with van der Waals surface area (Å²) < 4.78 is 1.82. The van der Waals surface area contributed by atoms with E-state index in [0.29, 0.717) is 11.7 Å². The fourth-order valence-corrected chi connectivity index (χ4v) is 2.50. The molecule has 0 aromatic carbocycles. The monoisotopic (exact) mass is 235 g/mol. The minimum absolute atomic E-state index is 0.0275. The highest BCUT2D eigenvalue weighted by Crippen LogP contribution is 2.15. The minimum Gasteiger partial charge on any atom is -0.337 e. The maximum Gasteiger partial charge on any atom is 0.276 e. The molecule has 6 heteroatoms. The van der Waals surface area contributed by atoms with E-state index in [2.05, 4.69) is 15.6 Å². The van der Waals surface area contributed by atoms with E-state index in [1.165, 1.54) is 0 Å². The molecule has 1 aromatic heterocycles. The molecule has 0 saturated carbocycles. The first kappa shape index (κ1) is 10.7. The molecule has 6 nitrogen and oxygen atoms in total. The van der Waals surface area contributed by atoms with Crippen LogP contribution in [-0.4, -0.2) is 52.0 Å². The van der Waals surface area contributed by atoms with Gasteiger partial charge in [0.25, 0.3) is 5.91 Å². The summed E-state index contributed by atoms with van der Waals surface area (Å²) in [5, 5.41) is 11.3. The van der Waals surface area contributed by atoms with Crippen LogP contribution >= 0.6 is 0 Å². The third-order valence-corrected chi connectivity index (χ3v) is 3.53. The lowest BCUT2D eigenvalue weighted by Crippen LogP contribution is -2.27. The van der Waals surface area contributed by atoms with Crippen molar-refractivity contribution in [2.24, 2.45) is 0 Å². The molecule has 1 atom stereocenters. The van der Waals surface area contributed by atoms with Crippen LogP contribution in [0.3, 0.4) is 0 Å². The zero-order valence-electron chi connectivity index (χ0n) is 9.80. The summed E-state index contributed by atoms with van der Waals surface area (Å²) in [4.78, 5) is 13.9. The summed E-state index contributed by atoms with van der Waals surface area (Å²) in [5.41, 5.74) is 0.485. The Labute approximate surface area is 100.0 Å². The van der Waals surface area contributed by atoms with Crippen molar-refractivity contribution in [2.75, 3.05) is 26.2 Å². The van der Waals surface area contributed by atoms with Crippen molar-refractivity contribution >= 4 is 5.91 Å². The Bertz CT molecular complexity index is 404. The molecule has 0 aliphatic carbocycles. The van der Waals surface area contributed by atoms with Gasteiger partial charge in [0.15, 0.2) is 5.69 Å². The molecule has 3 rings (SSSR count). The second-order valence-corrected chi connectivity index (χ2v) is 4.73. The van der Waals surface area contributed by atoms with E-state index in [1.54, 1.807) is 6.20 Å². The maximum atomic E-state index is 12.1. The number of amides is 1. The molecular formula is C11H17N5O. The molecule has 0 spiro atoms. The zero-order chi connectivity index (χ0) is 11.7. The van der Waals surface area contributed by atoms with E-state index >= 15 is 0 Å². The molecule has 2 aliphatic heterocycles. The number of hydrogen-bond acceptors (Lipinski definition) is 4. The lowest BCUT2D eigenvalue weighted by atomic mass is 10.3. The van der Waals surface area contributed by atoms with Crippen molar-refractivity contribution < 1.29 is 4.79 Å². The molecule has 2 aliphatic rings. The first-order chi connectivity index (χ1) is 8.34. The zero-order valence-corrected chi connectivity index (χ0v) is 9.80. The Hall–Kier alpha value is -1.43. The highest BCUT2D eigenvalue weighted by molar-refractivity contribution is 5.92. The molecule has 2 fully saturated rings. The number of hydrogen-bond donors (Lipinski definition) is 1. The quantitative estimate of drug-likeness (QED) is 0.786. The fraction of sp³-hybridized carbons (Fsp3) is 0.727. The van der Waals surface area contributed by atoms with Gasteiger partial charge in [0.2, 0.25) is 0 Å². The van der Waals surface area contributed by atoms with Crippen LogP contribution in [0.2, 0.25) is 0 Å². The first-order valence-corrected chi connectivity index (χ1v) is 6.26. The summed E-state index contributed by atoms with van der Waals surface area (Å²) in [6, 6.07) is 0.350. The Morgan fingerprint density at radius 2 is 2.24 bits per heavy atom. The second-order valence-electron chi connectivity index (χ2n) is 4.73. The van der Waals surface area contributed by atoms with Crippen molar-refractivity contribution in [1.82, 2.24) is 25.2 Å². The average Bonchev–Trinajstić information content (AvgIpc) is 3.09. The summed E-state index contributed by atoms with van der Waals surface area (Å²) in [5.74, 6) is 0.0275. The highest BCUT2D eigenvalue weighted by Gasteiger charge is 2.24. The van der Waals surface area contributed by atoms with Gasteiger partial charge in [0.05, 0.1) is 12.2 Å². The van der Waals surface area contributed by atoms with Crippen LogP contribution in [0.4, 0.5) is 0 Å². The third kappa shape index (κ3) is 2.04. The summed E-state index contributed by atoms with van der Waals surface area (Å²) in [6.07, 6.45) is 5.05. The molecule has 0 radical (unpaired) electrons. The van der Waals surface area contributed by atoms with E-state index in [-0.39, 0.29) is 5.91 Å². The van der Waals surface area contributed by atoms with Crippen molar-refractivity contribution in [1.29, 1.82) is 0 Å². The number of nitrogens with one attached hydrogen (secondary N) is 1. The minimum atomic E-state index is 0.0275. The lowest BCUT2D eigenvalue weighted by Gasteiger charge is -2.12. The summed E-state index contributed by atoms with van der Waals surface area (Å²) >= 11 is 0. The standard InChI is InChI=1S/C11H17N5O/c17-11(15-5-1-2-6-15)10-8-16(14-13-10)9-3-4-12-7-9/h8-9,12H,1-7H2/t9-/m0/s1. The molecule has 1 aromatic rings. The third-order valence-electron chi connectivity index (χ3n) is 3.53. The molecule has 3 heterocycles. The van der Waals surface area contributed by atoms with Gasteiger partial charge in [0, 0.05) is 19.6 Å². The first-order valence-electron chi connectivity index (χ1n) is 6.26. The molecule has 2 saturated heterocycles. The van der Waals surface area contributed by atoms with Crippen LogP contribution in [0.25, 0.3) is 0 Å². The Balaban J connectivity index is 1.72. The smallest absolute Gasteiger partial charge is 0.276 e. The van der Waals surface area contributed by atoms with Gasteiger partial charge in [-0.15, -0.1) is 5.10 Å². The highest BCUT2D eigenvalue weighted by atomic mass is 16.2. The van der Waals surface area contributed by atoms with Crippen molar-refractivity contribution in [3.05, 3.63) is 11.9 Å². The predicted molar refractivity (Wildman–Crippen MR) is 61.7 cm³/mol. The topological polar surface area (TPSA) is 63.1 Å². The SMILES string of the molecule is O=C(c1cn([C@H]2CCNC2)nn1)N1CCCC1. The van der Waals surface area contributed by atoms with Crippen molar-refractivity contribution in [2.45, 2.75) is 25.3 Å². The van der Waals surface area contributed by atoms with Crippen LogP contribution in [0.5, 0.6) is 0 Å². The molecule has 0 bridgehead atoms. The van der Waals surface area contributed by atoms with Gasteiger partial charge in [0.1, 0.15) is 0 Å². The number of carbonyl (C=O) groups excluding carboxylic acids is 1. The summed E-state index contributed by atoms with van der Waals surface area (Å²) in [7, 11) is 0. The molecule has 17 heavy (non-hydrogen) atoms. The van der Waals surface area contributed by atoms with E-state index < -0.39 is 0 Å². The van der Waals surface area contributed by atoms with Crippen LogP contribution in [0.15, 0.2) is 6.20 Å². The Kier molecular flexibility index (Phi) is 2.80. The van der Waals surface area contributed by atoms with Crippen LogP contribution < -0.4 is 5.32 Å². The van der Waals surface area contributed by atoms with Crippen LogP contribution in [0.1, 0.15) is 35.8 Å². The van der Waals surface area contributed by atoms with E-state index in [1.807, 2.05) is 9.58 Å². The number of rotatable bonds is 2. The molecular weight excluding hydrogens is 218 g/mol. The van der Waals surface area contributed by atoms with Crippen LogP contribution in [0, 0.1) is 0 Å². The Morgan fingerprint density at radius 1 is 1.41 bits per heavy atom. The number of nitrogens with zero attached hydrogens (tertiary/aromatic N) is 4. The van der Waals surface area contributed by atoms with Gasteiger partial charge in [-0.25, -0.2) is 4.68 Å². The van der Waals surface area contributed by atoms with Gasteiger partial charge in [-0.1, -0.05) is 5.21 Å². The van der Waals surface area contributed by atoms with Gasteiger partial charge in [-0.05, 0) is 25.8 Å². The molecule has 1 N–H and O–H groups in total. The number of likely N-dealkylation sites (tertiary alicyclic amines) is 1. The normalized spacial score (nSPS) is 24.5. The van der Waals surface area contributed by atoms with E-state index in [9.17, 15) is 4.79 Å². The maximum absolute atomic E-state index is 12.1. The van der Waals surface area contributed by atoms with Gasteiger partial charge >= 0.3 is 0 Å². The van der Waals surface area contributed by atoms with Gasteiger partial charge in [-0.2, -0.15) is 0 Å². The molecule has 1 amide bonds. The van der Waals surface area contributed by atoms with Crippen molar-refractivity contribution in [3.63, 3.8) is 0 Å². The largest absolute Gasteiger partial charge is 0.337 e. The van der Waals surface area contributed by atoms with Gasteiger partial charge < -0.3 is 10.2 Å². The number of carbonyl (C=O) groups is 1. The van der Waals surface area contributed by atoms with Crippen molar-refractivity contribution in [3.8, 4) is 0 Å². The predicted octanol–water partition coefficient (Wildman–Crippen LogP) is 0.0485. The fourth-order valence-electron chi connectivity index (χ4n) is 2.50. The molecule has 0 unspecified atom stereocenters. The van der Waals surface area contributed by atoms with Crippen LogP contribution in [-0.2, 0) is 0 Å². The number of aromatic nitrogens is 3. The molecule has 92 valence electrons. The van der Waals surface area contributed by atoms with Gasteiger partial charge in [-0.3, -0.25) is 4.79 Å². The summed E-state index contributed by atoms with van der Waals surface area (Å²) in [6.45, 7) is 3.65. The lowest BCUT2D eigenvalue weighted by molar-refractivity contribution is 0.0787. The Morgan fingerprint density at radius 3 is 2.94 bits per heavy atom. The average molecular weight is 235 g/mol. The second kappa shape index (κ2) is 4.44.